The van der Waals surface area contributed by atoms with Crippen LogP contribution in [0.15, 0.2) is 12.1 Å². The van der Waals surface area contributed by atoms with Crippen LogP contribution in [0, 0.1) is 11.3 Å². The van der Waals surface area contributed by atoms with Crippen molar-refractivity contribution >= 4 is 32.1 Å². The third kappa shape index (κ3) is 2.88. The molecule has 0 amide bonds. The lowest BCUT2D eigenvalue weighted by Gasteiger charge is -2.07. The molecule has 3 heteroatoms. The molecule has 0 saturated heterocycles. The number of hydrogen-bond acceptors (Lipinski definition) is 3. The van der Waals surface area contributed by atoms with E-state index < -0.39 is 0 Å². The Morgan fingerprint density at radius 1 is 1.24 bits per heavy atom. The summed E-state index contributed by atoms with van der Waals surface area (Å²) in [5.74, 6) is 0.664. The van der Waals surface area contributed by atoms with Crippen molar-refractivity contribution in [1.29, 1.82) is 5.26 Å². The summed E-state index contributed by atoms with van der Waals surface area (Å²) < 4.78 is 2.56. The number of unbranched alkanes of at least 4 members (excludes halogenated alkanes) is 2. The predicted molar refractivity (Wildman–Crippen MR) is 77.0 cm³/mol. The Morgan fingerprint density at radius 3 is 2.65 bits per heavy atom. The van der Waals surface area contributed by atoms with E-state index in [0.29, 0.717) is 5.92 Å². The largest absolute Gasteiger partial charge is 0.192 e. The minimum Gasteiger partial charge on any atom is -0.192 e. The second-order valence-corrected chi connectivity index (χ2v) is 6.70. The van der Waals surface area contributed by atoms with E-state index in [9.17, 15) is 0 Å². The molecule has 17 heavy (non-hydrogen) atoms. The van der Waals surface area contributed by atoms with Crippen LogP contribution < -0.4 is 0 Å². The summed E-state index contributed by atoms with van der Waals surface area (Å²) in [5.41, 5.74) is 0. The van der Waals surface area contributed by atoms with E-state index in [1.807, 2.05) is 17.4 Å². The number of thiophene rings is 2. The quantitative estimate of drug-likeness (QED) is 0.652. The molecule has 0 aliphatic carbocycles. The van der Waals surface area contributed by atoms with Crippen LogP contribution in [-0.2, 0) is 0 Å². The standard InChI is InChI=1S/C14H17NS2/c1-3-4-5-6-10(2)12-8-14-13(17-12)7-11(9-15)16-14/h7-8,10H,3-6H2,1-2H3. The highest BCUT2D eigenvalue weighted by Crippen LogP contribution is 2.37. The molecule has 0 aliphatic heterocycles. The van der Waals surface area contributed by atoms with Crippen molar-refractivity contribution in [3.8, 4) is 6.07 Å². The maximum absolute atomic E-state index is 8.84. The molecule has 0 aromatic carbocycles. The fraction of sp³-hybridized carbons (Fsp3) is 0.500. The summed E-state index contributed by atoms with van der Waals surface area (Å²) in [6, 6.07) is 6.52. The molecule has 0 spiro atoms. The summed E-state index contributed by atoms with van der Waals surface area (Å²) in [7, 11) is 0. The van der Waals surface area contributed by atoms with Gasteiger partial charge in [-0.25, -0.2) is 0 Å². The van der Waals surface area contributed by atoms with Gasteiger partial charge in [0.2, 0.25) is 0 Å². The van der Waals surface area contributed by atoms with E-state index >= 15 is 0 Å². The van der Waals surface area contributed by atoms with Crippen molar-refractivity contribution in [3.05, 3.63) is 21.9 Å². The zero-order valence-electron chi connectivity index (χ0n) is 10.3. The predicted octanol–water partition coefficient (Wildman–Crippen LogP) is 5.52. The van der Waals surface area contributed by atoms with E-state index in [1.165, 1.54) is 40.0 Å². The van der Waals surface area contributed by atoms with Gasteiger partial charge in [0.15, 0.2) is 0 Å². The molecule has 2 rings (SSSR count). The van der Waals surface area contributed by atoms with Gasteiger partial charge in [-0.05, 0) is 24.5 Å². The Bertz CT molecular complexity index is 498. The van der Waals surface area contributed by atoms with E-state index in [2.05, 4.69) is 26.0 Å². The Morgan fingerprint density at radius 2 is 2.00 bits per heavy atom. The highest BCUT2D eigenvalue weighted by Gasteiger charge is 2.11. The van der Waals surface area contributed by atoms with E-state index in [-0.39, 0.29) is 0 Å². The molecule has 0 fully saturated rings. The van der Waals surface area contributed by atoms with Gasteiger partial charge in [0, 0.05) is 14.3 Å². The van der Waals surface area contributed by atoms with Gasteiger partial charge in [0.25, 0.3) is 0 Å². The van der Waals surface area contributed by atoms with Gasteiger partial charge >= 0.3 is 0 Å². The summed E-state index contributed by atoms with van der Waals surface area (Å²) in [6.45, 7) is 4.56. The van der Waals surface area contributed by atoms with Crippen LogP contribution in [-0.4, -0.2) is 0 Å². The first kappa shape index (κ1) is 12.6. The molecular formula is C14H17NS2. The van der Waals surface area contributed by atoms with Crippen LogP contribution in [0.3, 0.4) is 0 Å². The lowest BCUT2D eigenvalue weighted by molar-refractivity contribution is 0.604. The third-order valence-corrected chi connectivity index (χ3v) is 5.49. The van der Waals surface area contributed by atoms with E-state index in [1.54, 1.807) is 11.3 Å². The van der Waals surface area contributed by atoms with Crippen LogP contribution in [0.2, 0.25) is 0 Å². The maximum atomic E-state index is 8.84. The zero-order chi connectivity index (χ0) is 12.3. The molecule has 2 heterocycles. The lowest BCUT2D eigenvalue weighted by atomic mass is 10.0. The number of fused-ring (bicyclic) bond motifs is 1. The first-order valence-corrected chi connectivity index (χ1v) is 7.81. The number of nitriles is 1. The monoisotopic (exact) mass is 263 g/mol. The van der Waals surface area contributed by atoms with Gasteiger partial charge in [-0.15, -0.1) is 22.7 Å². The number of hydrogen-bond donors (Lipinski definition) is 0. The van der Waals surface area contributed by atoms with Gasteiger partial charge in [0.05, 0.1) is 0 Å². The maximum Gasteiger partial charge on any atom is 0.110 e. The van der Waals surface area contributed by atoms with E-state index in [0.717, 1.165) is 4.88 Å². The third-order valence-electron chi connectivity index (χ3n) is 3.06. The zero-order valence-corrected chi connectivity index (χ0v) is 12.0. The molecule has 1 nitrogen and oxygen atoms in total. The Hall–Kier alpha value is -0.850. The molecule has 1 atom stereocenters. The highest BCUT2D eigenvalue weighted by molar-refractivity contribution is 7.28. The van der Waals surface area contributed by atoms with Gasteiger partial charge in [0.1, 0.15) is 10.9 Å². The summed E-state index contributed by atoms with van der Waals surface area (Å²) in [5, 5.41) is 8.84. The fourth-order valence-electron chi connectivity index (χ4n) is 2.00. The second kappa shape index (κ2) is 5.66. The van der Waals surface area contributed by atoms with Crippen LogP contribution in [0.5, 0.6) is 0 Å². The van der Waals surface area contributed by atoms with Crippen molar-refractivity contribution in [2.24, 2.45) is 0 Å². The van der Waals surface area contributed by atoms with Crippen LogP contribution in [0.1, 0.15) is 55.2 Å². The Kier molecular flexibility index (Phi) is 4.20. The van der Waals surface area contributed by atoms with Crippen molar-refractivity contribution in [2.75, 3.05) is 0 Å². The molecule has 0 radical (unpaired) electrons. The molecule has 2 aromatic rings. The van der Waals surface area contributed by atoms with Crippen molar-refractivity contribution in [3.63, 3.8) is 0 Å². The SMILES string of the molecule is CCCCCC(C)c1cc2sc(C#N)cc2s1. The first-order chi connectivity index (χ1) is 8.24. The summed E-state index contributed by atoms with van der Waals surface area (Å²) >= 11 is 3.47. The van der Waals surface area contributed by atoms with Crippen molar-refractivity contribution in [1.82, 2.24) is 0 Å². The van der Waals surface area contributed by atoms with Gasteiger partial charge in [-0.3, -0.25) is 0 Å². The average Bonchev–Trinajstić information content (AvgIpc) is 2.86. The van der Waals surface area contributed by atoms with Crippen LogP contribution >= 0.6 is 22.7 Å². The molecule has 1 unspecified atom stereocenters. The molecule has 0 saturated carbocycles. The van der Waals surface area contributed by atoms with Gasteiger partial charge in [-0.2, -0.15) is 5.26 Å². The molecular weight excluding hydrogens is 246 g/mol. The molecule has 90 valence electrons. The number of rotatable bonds is 5. The van der Waals surface area contributed by atoms with Crippen molar-refractivity contribution < 1.29 is 0 Å². The molecule has 2 aromatic heterocycles. The van der Waals surface area contributed by atoms with Crippen molar-refractivity contribution in [2.45, 2.75) is 45.4 Å². The molecule has 0 aliphatic rings. The van der Waals surface area contributed by atoms with Gasteiger partial charge < -0.3 is 0 Å². The Balaban J connectivity index is 2.08. The molecule has 0 bridgehead atoms. The highest BCUT2D eigenvalue weighted by atomic mass is 32.1. The summed E-state index contributed by atoms with van der Waals surface area (Å²) in [4.78, 5) is 2.31. The van der Waals surface area contributed by atoms with E-state index in [4.69, 9.17) is 5.26 Å². The van der Waals surface area contributed by atoms with Crippen LogP contribution in [0.4, 0.5) is 0 Å². The smallest absolute Gasteiger partial charge is 0.110 e. The minimum absolute atomic E-state index is 0.664. The lowest BCUT2D eigenvalue weighted by Crippen LogP contribution is -1.89. The fourth-order valence-corrected chi connectivity index (χ4v) is 4.29. The minimum atomic E-state index is 0.664. The topological polar surface area (TPSA) is 23.8 Å². The normalized spacial score (nSPS) is 12.8. The van der Waals surface area contributed by atoms with Crippen LogP contribution in [0.25, 0.3) is 9.40 Å². The number of nitrogens with zero attached hydrogens (tertiary/aromatic N) is 1. The first-order valence-electron chi connectivity index (χ1n) is 6.18. The summed E-state index contributed by atoms with van der Waals surface area (Å²) in [6.07, 6.45) is 5.24. The molecule has 0 N–H and O–H groups in total. The Labute approximate surface area is 111 Å². The second-order valence-electron chi connectivity index (χ2n) is 4.50. The average molecular weight is 263 g/mol. The van der Waals surface area contributed by atoms with Gasteiger partial charge in [-0.1, -0.05) is 33.1 Å².